The monoisotopic (exact) mass is 429 g/mol. The third-order valence-corrected chi connectivity index (χ3v) is 5.75. The second-order valence-electron chi connectivity index (χ2n) is 7.95. The molecule has 31 heavy (non-hydrogen) atoms. The van der Waals surface area contributed by atoms with Crippen molar-refractivity contribution in [2.45, 2.75) is 77.6 Å². The van der Waals surface area contributed by atoms with E-state index in [-0.39, 0.29) is 34.2 Å². The Morgan fingerprint density at radius 1 is 0.839 bits per heavy atom. The largest absolute Gasteiger partial charge is 0.496 e. The number of carbonyl (C=O) groups excluding carboxylic acids is 2. The van der Waals surface area contributed by atoms with E-state index in [0.717, 1.165) is 19.3 Å². The van der Waals surface area contributed by atoms with Crippen molar-refractivity contribution < 1.29 is 24.3 Å². The molecule has 0 amide bonds. The summed E-state index contributed by atoms with van der Waals surface area (Å²) >= 11 is 0. The normalized spacial score (nSPS) is 13.5. The van der Waals surface area contributed by atoms with Crippen LogP contribution in [-0.2, 0) is 0 Å². The van der Waals surface area contributed by atoms with Gasteiger partial charge in [-0.2, -0.15) is 0 Å². The first-order chi connectivity index (χ1) is 15.1. The minimum atomic E-state index is -0.331. The van der Waals surface area contributed by atoms with Gasteiger partial charge in [-0.05, 0) is 31.1 Å². The van der Waals surface area contributed by atoms with Crippen molar-refractivity contribution >= 4 is 17.3 Å². The lowest BCUT2D eigenvalue weighted by molar-refractivity contribution is 0.0989. The van der Waals surface area contributed by atoms with Gasteiger partial charge < -0.3 is 14.7 Å². The topological polar surface area (TPSA) is 85.2 Å². The first-order valence-corrected chi connectivity index (χ1v) is 11.4. The second-order valence-corrected chi connectivity index (χ2v) is 7.95. The first-order valence-electron chi connectivity index (χ1n) is 11.4. The van der Waals surface area contributed by atoms with Gasteiger partial charge in [0.15, 0.2) is 11.6 Å². The molecule has 0 bridgehead atoms. The molecule has 0 radical (unpaired) electrons. The summed E-state index contributed by atoms with van der Waals surface area (Å²) in [4.78, 5) is 24.9. The molecule has 6 heteroatoms. The molecule has 6 nitrogen and oxygen atoms in total. The molecule has 1 aliphatic rings. The SMILES string of the molecule is CCCCCCCCCCCCC(=NO)c1cc(OC)c2c(c1OC)C(=O)C=CC2=O. The number of nitrogens with zero attached hydrogens (tertiary/aromatic N) is 1. The van der Waals surface area contributed by atoms with Gasteiger partial charge in [0.05, 0.1) is 31.1 Å². The molecule has 0 aromatic heterocycles. The zero-order valence-corrected chi connectivity index (χ0v) is 19.0. The van der Waals surface area contributed by atoms with Crippen molar-refractivity contribution in [3.63, 3.8) is 0 Å². The number of ketones is 2. The maximum absolute atomic E-state index is 12.5. The fourth-order valence-electron chi connectivity index (χ4n) is 4.04. The molecule has 0 heterocycles. The Bertz CT molecular complexity index is 826. The van der Waals surface area contributed by atoms with E-state index >= 15 is 0 Å². The molecular formula is C25H35NO5. The van der Waals surface area contributed by atoms with Crippen LogP contribution in [0.1, 0.15) is 104 Å². The van der Waals surface area contributed by atoms with E-state index in [1.165, 1.54) is 71.3 Å². The summed E-state index contributed by atoms with van der Waals surface area (Å²) in [7, 11) is 2.89. The number of methoxy groups -OCH3 is 2. The van der Waals surface area contributed by atoms with Crippen molar-refractivity contribution in [3.8, 4) is 11.5 Å². The fraction of sp³-hybridized carbons (Fsp3) is 0.560. The summed E-state index contributed by atoms with van der Waals surface area (Å²) in [6.07, 6.45) is 15.1. The van der Waals surface area contributed by atoms with Crippen LogP contribution < -0.4 is 9.47 Å². The average Bonchev–Trinajstić information content (AvgIpc) is 2.79. The summed E-state index contributed by atoms with van der Waals surface area (Å²) in [5.74, 6) is -0.118. The summed E-state index contributed by atoms with van der Waals surface area (Å²) in [5.41, 5.74) is 1.25. The standard InChI is InChI=1S/C25H35NO5/c1-4-5-6-7-8-9-10-11-12-13-14-19(26-29)18-17-22(30-2)23-20(27)15-16-21(28)24(23)25(18)31-3/h15-17,29H,4-14H2,1-3H3. The van der Waals surface area contributed by atoms with E-state index < -0.39 is 0 Å². The molecule has 1 aromatic rings. The molecule has 0 atom stereocenters. The highest BCUT2D eigenvalue weighted by molar-refractivity contribution is 6.25. The Morgan fingerprint density at radius 3 is 1.90 bits per heavy atom. The highest BCUT2D eigenvalue weighted by atomic mass is 16.5. The van der Waals surface area contributed by atoms with Crippen LogP contribution in [0.3, 0.4) is 0 Å². The number of hydrogen-bond donors (Lipinski definition) is 1. The van der Waals surface area contributed by atoms with Crippen molar-refractivity contribution in [3.05, 3.63) is 34.9 Å². The van der Waals surface area contributed by atoms with E-state index in [1.807, 2.05) is 0 Å². The van der Waals surface area contributed by atoms with Crippen LogP contribution in [-0.4, -0.2) is 36.7 Å². The number of carbonyl (C=O) groups is 2. The van der Waals surface area contributed by atoms with Crippen LogP contribution >= 0.6 is 0 Å². The lowest BCUT2D eigenvalue weighted by Gasteiger charge is -2.20. The molecule has 0 aliphatic heterocycles. The van der Waals surface area contributed by atoms with Gasteiger partial charge in [-0.3, -0.25) is 9.59 Å². The van der Waals surface area contributed by atoms with Gasteiger partial charge in [-0.15, -0.1) is 0 Å². The number of fused-ring (bicyclic) bond motifs is 1. The highest BCUT2D eigenvalue weighted by Gasteiger charge is 2.31. The maximum atomic E-state index is 12.5. The highest BCUT2D eigenvalue weighted by Crippen LogP contribution is 2.38. The summed E-state index contributed by atoms with van der Waals surface area (Å²) in [6, 6.07) is 1.62. The summed E-state index contributed by atoms with van der Waals surface area (Å²) < 4.78 is 10.9. The first kappa shape index (κ1) is 24.6. The Labute approximate surface area is 185 Å². The van der Waals surface area contributed by atoms with Crippen LogP contribution in [0.5, 0.6) is 11.5 Å². The number of unbranched alkanes of at least 4 members (excludes halogenated alkanes) is 9. The Balaban J connectivity index is 2.02. The van der Waals surface area contributed by atoms with Gasteiger partial charge >= 0.3 is 0 Å². The minimum absolute atomic E-state index is 0.161. The number of allylic oxidation sites excluding steroid dienone is 2. The minimum Gasteiger partial charge on any atom is -0.496 e. The lowest BCUT2D eigenvalue weighted by Crippen LogP contribution is -2.17. The summed E-state index contributed by atoms with van der Waals surface area (Å²) in [5, 5.41) is 13.1. The van der Waals surface area contributed by atoms with E-state index in [2.05, 4.69) is 12.1 Å². The van der Waals surface area contributed by atoms with Crippen LogP contribution in [0.2, 0.25) is 0 Å². The molecular weight excluding hydrogens is 394 g/mol. The fourth-order valence-corrected chi connectivity index (χ4v) is 4.04. The zero-order valence-electron chi connectivity index (χ0n) is 19.0. The third kappa shape index (κ3) is 6.42. The van der Waals surface area contributed by atoms with Crippen molar-refractivity contribution in [1.29, 1.82) is 0 Å². The van der Waals surface area contributed by atoms with Crippen LogP contribution in [0.15, 0.2) is 23.4 Å². The number of oxime groups is 1. The van der Waals surface area contributed by atoms with Gasteiger partial charge in [0.25, 0.3) is 0 Å². The number of ether oxygens (including phenoxy) is 2. The van der Waals surface area contributed by atoms with Gasteiger partial charge in [-0.1, -0.05) is 69.9 Å². The smallest absolute Gasteiger partial charge is 0.190 e. The van der Waals surface area contributed by atoms with Gasteiger partial charge in [0.2, 0.25) is 0 Å². The Kier molecular flexibility index (Phi) is 10.3. The Morgan fingerprint density at radius 2 is 1.39 bits per heavy atom. The van der Waals surface area contributed by atoms with Crippen molar-refractivity contribution in [1.82, 2.24) is 0 Å². The number of hydrogen-bond acceptors (Lipinski definition) is 6. The molecule has 1 N–H and O–H groups in total. The molecule has 170 valence electrons. The summed E-state index contributed by atoms with van der Waals surface area (Å²) in [6.45, 7) is 2.23. The van der Waals surface area contributed by atoms with Gasteiger partial charge in [0, 0.05) is 5.56 Å². The molecule has 1 aromatic carbocycles. The van der Waals surface area contributed by atoms with Crippen LogP contribution in [0.4, 0.5) is 0 Å². The third-order valence-electron chi connectivity index (χ3n) is 5.75. The molecule has 0 saturated heterocycles. The molecule has 0 fully saturated rings. The number of rotatable bonds is 14. The molecule has 1 aliphatic carbocycles. The maximum Gasteiger partial charge on any atom is 0.190 e. The molecule has 0 saturated carbocycles. The lowest BCUT2D eigenvalue weighted by atomic mass is 9.88. The van der Waals surface area contributed by atoms with Gasteiger partial charge in [-0.25, -0.2) is 0 Å². The van der Waals surface area contributed by atoms with E-state index in [4.69, 9.17) is 9.47 Å². The van der Waals surface area contributed by atoms with Crippen molar-refractivity contribution in [2.24, 2.45) is 5.16 Å². The zero-order chi connectivity index (χ0) is 22.6. The van der Waals surface area contributed by atoms with E-state index in [9.17, 15) is 14.8 Å². The average molecular weight is 430 g/mol. The van der Waals surface area contributed by atoms with Crippen LogP contribution in [0, 0.1) is 0 Å². The molecule has 2 rings (SSSR count). The predicted octanol–water partition coefficient (Wildman–Crippen LogP) is 6.13. The number of benzene rings is 1. The van der Waals surface area contributed by atoms with Gasteiger partial charge in [0.1, 0.15) is 11.5 Å². The molecule has 0 unspecified atom stereocenters. The predicted molar refractivity (Wildman–Crippen MR) is 122 cm³/mol. The second kappa shape index (κ2) is 12.9. The quantitative estimate of drug-likeness (QED) is 0.166. The van der Waals surface area contributed by atoms with E-state index in [1.54, 1.807) is 6.07 Å². The molecule has 0 spiro atoms. The van der Waals surface area contributed by atoms with E-state index in [0.29, 0.717) is 17.7 Å². The Hall–Kier alpha value is -2.63. The van der Waals surface area contributed by atoms with Crippen molar-refractivity contribution in [2.75, 3.05) is 14.2 Å². The van der Waals surface area contributed by atoms with Crippen LogP contribution in [0.25, 0.3) is 0 Å².